The van der Waals surface area contributed by atoms with E-state index in [4.69, 9.17) is 16.9 Å². The van der Waals surface area contributed by atoms with Gasteiger partial charge in [0, 0.05) is 0 Å². The average molecular weight is 210 g/mol. The van der Waals surface area contributed by atoms with E-state index in [-0.39, 0.29) is 16.1 Å². The number of esters is 1. The molecule has 0 spiro atoms. The van der Waals surface area contributed by atoms with Crippen LogP contribution in [0.5, 0.6) is 0 Å². The molecule has 1 rings (SSSR count). The first-order chi connectivity index (χ1) is 6.61. The third kappa shape index (κ3) is 1.70. The number of ether oxygens (including phenoxy) is 1. The summed E-state index contributed by atoms with van der Waals surface area (Å²) >= 11 is 5.77. The fraction of sp³-hybridized carbons (Fsp3) is 0.200. The van der Waals surface area contributed by atoms with Crippen LogP contribution in [0.25, 0.3) is 0 Å². The Morgan fingerprint density at radius 1 is 1.57 bits per heavy atom. The van der Waals surface area contributed by atoms with Gasteiger partial charge in [-0.1, -0.05) is 17.7 Å². The number of carbonyl (C=O) groups is 1. The van der Waals surface area contributed by atoms with Gasteiger partial charge in [0.1, 0.15) is 6.07 Å². The lowest BCUT2D eigenvalue weighted by Gasteiger charge is -2.06. The molecular formula is C10H8ClNO2. The summed E-state index contributed by atoms with van der Waals surface area (Å²) in [6.07, 6.45) is 0. The first kappa shape index (κ1) is 10.6. The van der Waals surface area contributed by atoms with Crippen LogP contribution in [-0.4, -0.2) is 13.1 Å². The maximum atomic E-state index is 11.3. The van der Waals surface area contributed by atoms with E-state index in [0.717, 1.165) is 0 Å². The summed E-state index contributed by atoms with van der Waals surface area (Å²) < 4.78 is 4.57. The van der Waals surface area contributed by atoms with E-state index in [2.05, 4.69) is 4.74 Å². The summed E-state index contributed by atoms with van der Waals surface area (Å²) in [5, 5.41) is 9.09. The third-order valence-electron chi connectivity index (χ3n) is 1.86. The van der Waals surface area contributed by atoms with E-state index in [1.54, 1.807) is 19.1 Å². The van der Waals surface area contributed by atoms with Gasteiger partial charge >= 0.3 is 5.97 Å². The third-order valence-corrected chi connectivity index (χ3v) is 2.18. The van der Waals surface area contributed by atoms with Crippen molar-refractivity contribution in [2.24, 2.45) is 0 Å². The summed E-state index contributed by atoms with van der Waals surface area (Å²) in [6, 6.07) is 5.15. The molecule has 0 unspecified atom stereocenters. The molecule has 0 heterocycles. The largest absolute Gasteiger partial charge is 0.465 e. The molecule has 3 nitrogen and oxygen atoms in total. The van der Waals surface area contributed by atoms with Gasteiger partial charge in [-0.15, -0.1) is 0 Å². The molecule has 0 amide bonds. The maximum Gasteiger partial charge on any atom is 0.339 e. The van der Waals surface area contributed by atoms with E-state index >= 15 is 0 Å². The number of rotatable bonds is 1. The molecule has 72 valence electrons. The van der Waals surface area contributed by atoms with Crippen LogP contribution in [0.15, 0.2) is 12.1 Å². The highest BCUT2D eigenvalue weighted by atomic mass is 35.5. The Morgan fingerprint density at radius 2 is 2.21 bits per heavy atom. The maximum absolute atomic E-state index is 11.3. The van der Waals surface area contributed by atoms with Crippen molar-refractivity contribution in [3.63, 3.8) is 0 Å². The SMILES string of the molecule is COC(=O)c1c(C)ccc(Cl)c1C#N. The minimum atomic E-state index is -0.540. The minimum absolute atomic E-state index is 0.165. The van der Waals surface area contributed by atoms with Crippen LogP contribution in [0.1, 0.15) is 21.5 Å². The van der Waals surface area contributed by atoms with Crippen molar-refractivity contribution in [1.29, 1.82) is 5.26 Å². The number of halogens is 1. The fourth-order valence-electron chi connectivity index (χ4n) is 1.16. The van der Waals surface area contributed by atoms with Crippen molar-refractivity contribution in [1.82, 2.24) is 0 Å². The van der Waals surface area contributed by atoms with Gasteiger partial charge < -0.3 is 4.74 Å². The topological polar surface area (TPSA) is 50.1 Å². The van der Waals surface area contributed by atoms with Gasteiger partial charge in [0.25, 0.3) is 0 Å². The Bertz CT molecular complexity index is 421. The summed E-state index contributed by atoms with van der Waals surface area (Å²) in [5.41, 5.74) is 1.08. The molecule has 4 heteroatoms. The zero-order chi connectivity index (χ0) is 10.7. The normalized spacial score (nSPS) is 9.29. The number of benzene rings is 1. The van der Waals surface area contributed by atoms with Crippen molar-refractivity contribution in [2.45, 2.75) is 6.92 Å². The van der Waals surface area contributed by atoms with E-state index < -0.39 is 5.97 Å². The first-order valence-corrected chi connectivity index (χ1v) is 4.27. The first-order valence-electron chi connectivity index (χ1n) is 3.89. The highest BCUT2D eigenvalue weighted by Crippen LogP contribution is 2.22. The number of hydrogen-bond donors (Lipinski definition) is 0. The van der Waals surface area contributed by atoms with Gasteiger partial charge in [0.15, 0.2) is 0 Å². The Hall–Kier alpha value is -1.53. The molecule has 0 fully saturated rings. The van der Waals surface area contributed by atoms with E-state index in [9.17, 15) is 4.79 Å². The lowest BCUT2D eigenvalue weighted by Crippen LogP contribution is -2.07. The monoisotopic (exact) mass is 209 g/mol. The van der Waals surface area contributed by atoms with Crippen molar-refractivity contribution in [2.75, 3.05) is 7.11 Å². The van der Waals surface area contributed by atoms with Crippen LogP contribution >= 0.6 is 11.6 Å². The van der Waals surface area contributed by atoms with Gasteiger partial charge in [-0.05, 0) is 18.6 Å². The smallest absolute Gasteiger partial charge is 0.339 e. The van der Waals surface area contributed by atoms with Crippen LogP contribution < -0.4 is 0 Å². The van der Waals surface area contributed by atoms with Crippen LogP contribution in [0.4, 0.5) is 0 Å². The molecular weight excluding hydrogens is 202 g/mol. The van der Waals surface area contributed by atoms with Crippen LogP contribution in [0, 0.1) is 18.3 Å². The van der Waals surface area contributed by atoms with Crippen molar-refractivity contribution in [3.8, 4) is 6.07 Å². The summed E-state index contributed by atoms with van der Waals surface area (Å²) in [7, 11) is 1.27. The van der Waals surface area contributed by atoms with E-state index in [1.807, 2.05) is 6.07 Å². The number of carbonyl (C=O) groups excluding carboxylic acids is 1. The average Bonchev–Trinajstić information content (AvgIpc) is 2.19. The zero-order valence-electron chi connectivity index (χ0n) is 7.80. The summed E-state index contributed by atoms with van der Waals surface area (Å²) in [4.78, 5) is 11.3. The quantitative estimate of drug-likeness (QED) is 0.667. The molecule has 0 saturated carbocycles. The predicted octanol–water partition coefficient (Wildman–Crippen LogP) is 2.31. The molecule has 0 aliphatic rings. The molecule has 0 atom stereocenters. The van der Waals surface area contributed by atoms with Crippen LogP contribution in [-0.2, 0) is 4.74 Å². The van der Waals surface area contributed by atoms with E-state index in [1.165, 1.54) is 7.11 Å². The molecule has 0 bridgehead atoms. The Morgan fingerprint density at radius 3 is 2.71 bits per heavy atom. The molecule has 0 aromatic heterocycles. The second kappa shape index (κ2) is 4.12. The molecule has 0 saturated heterocycles. The summed E-state index contributed by atoms with van der Waals surface area (Å²) in [5.74, 6) is -0.540. The second-order valence-electron chi connectivity index (χ2n) is 2.72. The van der Waals surface area contributed by atoms with Gasteiger partial charge in [0.2, 0.25) is 0 Å². The highest BCUT2D eigenvalue weighted by molar-refractivity contribution is 6.32. The van der Waals surface area contributed by atoms with Gasteiger partial charge in [0.05, 0.1) is 23.3 Å². The van der Waals surface area contributed by atoms with Crippen LogP contribution in [0.3, 0.4) is 0 Å². The molecule has 1 aromatic rings. The Kier molecular flexibility index (Phi) is 3.10. The molecule has 1 aromatic carbocycles. The van der Waals surface area contributed by atoms with Crippen molar-refractivity contribution in [3.05, 3.63) is 33.8 Å². The lowest BCUT2D eigenvalue weighted by molar-refractivity contribution is 0.0599. The Labute approximate surface area is 86.9 Å². The van der Waals surface area contributed by atoms with Crippen molar-refractivity contribution < 1.29 is 9.53 Å². The van der Waals surface area contributed by atoms with Crippen LogP contribution in [0.2, 0.25) is 5.02 Å². The molecule has 0 aliphatic carbocycles. The van der Waals surface area contributed by atoms with Gasteiger partial charge in [-0.3, -0.25) is 0 Å². The number of methoxy groups -OCH3 is 1. The number of nitriles is 1. The number of hydrogen-bond acceptors (Lipinski definition) is 3. The molecule has 14 heavy (non-hydrogen) atoms. The molecule has 0 N–H and O–H groups in total. The molecule has 0 radical (unpaired) electrons. The second-order valence-corrected chi connectivity index (χ2v) is 3.12. The Balaban J connectivity index is 3.47. The number of aryl methyl sites for hydroxylation is 1. The van der Waals surface area contributed by atoms with Crippen molar-refractivity contribution >= 4 is 17.6 Å². The minimum Gasteiger partial charge on any atom is -0.465 e. The van der Waals surface area contributed by atoms with Gasteiger partial charge in [-0.25, -0.2) is 4.79 Å². The highest BCUT2D eigenvalue weighted by Gasteiger charge is 2.17. The fourth-order valence-corrected chi connectivity index (χ4v) is 1.36. The predicted molar refractivity (Wildman–Crippen MR) is 52.2 cm³/mol. The van der Waals surface area contributed by atoms with Gasteiger partial charge in [-0.2, -0.15) is 5.26 Å². The summed E-state index contributed by atoms with van der Waals surface area (Å²) in [6.45, 7) is 1.73. The molecule has 0 aliphatic heterocycles. The number of nitrogens with zero attached hydrogens (tertiary/aromatic N) is 1. The zero-order valence-corrected chi connectivity index (χ0v) is 8.55. The lowest BCUT2D eigenvalue weighted by atomic mass is 10.0. The standard InChI is InChI=1S/C10H8ClNO2/c1-6-3-4-8(11)7(5-12)9(6)10(13)14-2/h3-4H,1-2H3. The van der Waals surface area contributed by atoms with E-state index in [0.29, 0.717) is 5.56 Å².